The second kappa shape index (κ2) is 7.06. The number of hydrogen-bond donors (Lipinski definition) is 1. The molecule has 0 fully saturated rings. The summed E-state index contributed by atoms with van der Waals surface area (Å²) < 4.78 is 0.813. The molecule has 106 valence electrons. The van der Waals surface area contributed by atoms with E-state index in [0.717, 1.165) is 14.9 Å². The van der Waals surface area contributed by atoms with Crippen LogP contribution in [0, 0.1) is 6.92 Å². The number of amides is 1. The Morgan fingerprint density at radius 3 is 2.95 bits per heavy atom. The summed E-state index contributed by atoms with van der Waals surface area (Å²) in [5.41, 5.74) is 0.989. The Kier molecular flexibility index (Phi) is 5.39. The van der Waals surface area contributed by atoms with Crippen molar-refractivity contribution in [2.45, 2.75) is 24.2 Å². The quantitative estimate of drug-likeness (QED) is 0.854. The molecule has 2 rings (SSSR count). The average Bonchev–Trinajstić information content (AvgIpc) is 2.82. The first-order valence-corrected chi connectivity index (χ1v) is 8.20. The molecule has 1 amide bonds. The van der Waals surface area contributed by atoms with E-state index in [0.29, 0.717) is 10.8 Å². The average molecular weight is 328 g/mol. The Morgan fingerprint density at radius 1 is 1.50 bits per heavy atom. The Bertz CT molecular complexity index is 603. The van der Waals surface area contributed by atoms with Gasteiger partial charge in [0, 0.05) is 5.02 Å². The van der Waals surface area contributed by atoms with Gasteiger partial charge in [-0.2, -0.15) is 0 Å². The summed E-state index contributed by atoms with van der Waals surface area (Å²) in [4.78, 5) is 11.9. The van der Waals surface area contributed by atoms with E-state index in [4.69, 9.17) is 11.6 Å². The van der Waals surface area contributed by atoms with Crippen LogP contribution in [0.4, 0.5) is 0 Å². The van der Waals surface area contributed by atoms with Crippen LogP contribution in [-0.2, 0) is 4.79 Å². The van der Waals surface area contributed by atoms with Gasteiger partial charge in [0.1, 0.15) is 5.01 Å². The second-order valence-corrected chi connectivity index (χ2v) is 7.06. The maximum Gasteiger partial charge on any atom is 0.230 e. The van der Waals surface area contributed by atoms with Crippen LogP contribution in [0.3, 0.4) is 0 Å². The molecule has 1 unspecified atom stereocenters. The molecule has 1 heterocycles. The van der Waals surface area contributed by atoms with Gasteiger partial charge in [-0.1, -0.05) is 46.8 Å². The number of aryl methyl sites for hydroxylation is 1. The molecule has 0 aliphatic rings. The van der Waals surface area contributed by atoms with Crippen LogP contribution >= 0.6 is 34.7 Å². The smallest absolute Gasteiger partial charge is 0.230 e. The van der Waals surface area contributed by atoms with E-state index in [1.165, 1.54) is 23.1 Å². The van der Waals surface area contributed by atoms with Gasteiger partial charge in [-0.15, -0.1) is 10.2 Å². The molecule has 0 aliphatic heterocycles. The van der Waals surface area contributed by atoms with Crippen LogP contribution in [0.15, 0.2) is 28.6 Å². The van der Waals surface area contributed by atoms with Crippen molar-refractivity contribution in [2.75, 3.05) is 5.75 Å². The van der Waals surface area contributed by atoms with E-state index in [2.05, 4.69) is 15.5 Å². The van der Waals surface area contributed by atoms with E-state index in [-0.39, 0.29) is 11.9 Å². The maximum atomic E-state index is 11.9. The first kappa shape index (κ1) is 15.3. The van der Waals surface area contributed by atoms with Gasteiger partial charge in [0.15, 0.2) is 4.34 Å². The highest BCUT2D eigenvalue weighted by molar-refractivity contribution is 8.01. The fraction of sp³-hybridized carbons (Fsp3) is 0.308. The lowest BCUT2D eigenvalue weighted by molar-refractivity contribution is -0.119. The highest BCUT2D eigenvalue weighted by atomic mass is 35.5. The lowest BCUT2D eigenvalue weighted by atomic mass is 10.1. The highest BCUT2D eigenvalue weighted by Gasteiger charge is 2.11. The van der Waals surface area contributed by atoms with Gasteiger partial charge < -0.3 is 5.32 Å². The van der Waals surface area contributed by atoms with Crippen molar-refractivity contribution in [1.82, 2.24) is 15.5 Å². The molecular weight excluding hydrogens is 314 g/mol. The van der Waals surface area contributed by atoms with Gasteiger partial charge in [-0.05, 0) is 31.5 Å². The van der Waals surface area contributed by atoms with Gasteiger partial charge in [0.2, 0.25) is 5.91 Å². The number of carbonyl (C=O) groups excluding carboxylic acids is 1. The molecule has 0 radical (unpaired) electrons. The molecule has 1 N–H and O–H groups in total. The monoisotopic (exact) mass is 327 g/mol. The van der Waals surface area contributed by atoms with Gasteiger partial charge in [-0.25, -0.2) is 0 Å². The topological polar surface area (TPSA) is 54.9 Å². The summed E-state index contributed by atoms with van der Waals surface area (Å²) >= 11 is 8.83. The number of nitrogens with zero attached hydrogens (tertiary/aromatic N) is 2. The number of benzene rings is 1. The molecule has 20 heavy (non-hydrogen) atoms. The second-order valence-electron chi connectivity index (χ2n) is 4.22. The van der Waals surface area contributed by atoms with Gasteiger partial charge >= 0.3 is 0 Å². The number of halogens is 1. The van der Waals surface area contributed by atoms with Crippen LogP contribution in [0.1, 0.15) is 23.5 Å². The van der Waals surface area contributed by atoms with Crippen molar-refractivity contribution < 1.29 is 4.79 Å². The molecule has 0 bridgehead atoms. The molecular formula is C13H14ClN3OS2. The zero-order valence-electron chi connectivity index (χ0n) is 11.1. The Hall–Kier alpha value is -1.11. The number of thioether (sulfide) groups is 1. The Morgan fingerprint density at radius 2 is 2.30 bits per heavy atom. The zero-order chi connectivity index (χ0) is 14.5. The Balaban J connectivity index is 1.85. The number of aromatic nitrogens is 2. The number of rotatable bonds is 5. The molecule has 2 aromatic rings. The van der Waals surface area contributed by atoms with E-state index >= 15 is 0 Å². The molecule has 1 aromatic carbocycles. The van der Waals surface area contributed by atoms with Crippen molar-refractivity contribution in [3.8, 4) is 0 Å². The molecule has 1 aromatic heterocycles. The van der Waals surface area contributed by atoms with Crippen LogP contribution in [0.25, 0.3) is 0 Å². The van der Waals surface area contributed by atoms with Gasteiger partial charge in [-0.3, -0.25) is 4.79 Å². The normalized spacial score (nSPS) is 12.2. The Labute approximate surface area is 130 Å². The molecule has 0 saturated carbocycles. The van der Waals surface area contributed by atoms with Crippen molar-refractivity contribution >= 4 is 40.6 Å². The number of nitrogens with one attached hydrogen (secondary N) is 1. The molecule has 1 atom stereocenters. The predicted octanol–water partition coefficient (Wildman–Crippen LogP) is 3.47. The maximum absolute atomic E-state index is 11.9. The van der Waals surface area contributed by atoms with Crippen LogP contribution in [0.5, 0.6) is 0 Å². The highest BCUT2D eigenvalue weighted by Crippen LogP contribution is 2.22. The summed E-state index contributed by atoms with van der Waals surface area (Å²) in [5, 5.41) is 12.4. The minimum atomic E-state index is -0.0713. The van der Waals surface area contributed by atoms with Crippen molar-refractivity contribution in [3.05, 3.63) is 39.9 Å². The van der Waals surface area contributed by atoms with Crippen LogP contribution in [0.2, 0.25) is 5.02 Å². The summed E-state index contributed by atoms with van der Waals surface area (Å²) in [7, 11) is 0. The summed E-state index contributed by atoms with van der Waals surface area (Å²) in [6.45, 7) is 3.83. The third-order valence-corrected chi connectivity index (χ3v) is 4.77. The van der Waals surface area contributed by atoms with Gasteiger partial charge in [0.05, 0.1) is 11.8 Å². The predicted molar refractivity (Wildman–Crippen MR) is 83.4 cm³/mol. The van der Waals surface area contributed by atoms with Crippen LogP contribution < -0.4 is 5.32 Å². The number of carbonyl (C=O) groups is 1. The van der Waals surface area contributed by atoms with Crippen molar-refractivity contribution in [1.29, 1.82) is 0 Å². The summed E-state index contributed by atoms with van der Waals surface area (Å²) in [5.74, 6) is 0.301. The molecule has 4 nitrogen and oxygen atoms in total. The first-order valence-electron chi connectivity index (χ1n) is 6.02. The van der Waals surface area contributed by atoms with Crippen LogP contribution in [-0.4, -0.2) is 21.9 Å². The SMILES string of the molecule is Cc1nnc(SCC(=O)NC(C)c2cccc(Cl)c2)s1. The molecule has 0 spiro atoms. The minimum absolute atomic E-state index is 0.0321. The third-order valence-electron chi connectivity index (χ3n) is 2.56. The van der Waals surface area contributed by atoms with E-state index in [9.17, 15) is 4.79 Å². The standard InChI is InChI=1S/C13H14ClN3OS2/c1-8(10-4-3-5-11(14)6-10)15-12(18)7-19-13-17-16-9(2)20-13/h3-6,8H,7H2,1-2H3,(H,15,18). The molecule has 0 aliphatic carbocycles. The molecule has 7 heteroatoms. The fourth-order valence-electron chi connectivity index (χ4n) is 1.61. The first-order chi connectivity index (χ1) is 9.54. The van der Waals surface area contributed by atoms with E-state index in [1.54, 1.807) is 0 Å². The summed E-state index contributed by atoms with van der Waals surface area (Å²) in [6.07, 6.45) is 0. The van der Waals surface area contributed by atoms with Gasteiger partial charge in [0.25, 0.3) is 0 Å². The summed E-state index contributed by atoms with van der Waals surface area (Å²) in [6, 6.07) is 7.41. The lowest BCUT2D eigenvalue weighted by Gasteiger charge is -2.14. The zero-order valence-corrected chi connectivity index (χ0v) is 13.5. The lowest BCUT2D eigenvalue weighted by Crippen LogP contribution is -2.28. The fourth-order valence-corrected chi connectivity index (χ4v) is 3.43. The number of hydrogen-bond acceptors (Lipinski definition) is 5. The minimum Gasteiger partial charge on any atom is -0.349 e. The third kappa shape index (κ3) is 4.47. The van der Waals surface area contributed by atoms with Crippen molar-refractivity contribution in [3.63, 3.8) is 0 Å². The van der Waals surface area contributed by atoms with E-state index in [1.807, 2.05) is 38.1 Å². The largest absolute Gasteiger partial charge is 0.349 e. The van der Waals surface area contributed by atoms with Crippen molar-refractivity contribution in [2.24, 2.45) is 0 Å². The van der Waals surface area contributed by atoms with E-state index < -0.39 is 0 Å². The molecule has 0 saturated heterocycles.